The van der Waals surface area contributed by atoms with Gasteiger partial charge in [-0.15, -0.1) is 0 Å². The molecule has 0 bridgehead atoms. The lowest BCUT2D eigenvalue weighted by Gasteiger charge is -2.41. The van der Waals surface area contributed by atoms with Crippen LogP contribution in [0.25, 0.3) is 11.1 Å². The first-order chi connectivity index (χ1) is 16.9. The first kappa shape index (κ1) is 24.7. The number of carboxylic acids is 1. The zero-order valence-corrected chi connectivity index (χ0v) is 19.6. The minimum absolute atomic E-state index is 0.0505. The van der Waals surface area contributed by atoms with Crippen LogP contribution in [0.3, 0.4) is 0 Å². The van der Waals surface area contributed by atoms with Crippen LogP contribution < -0.4 is 5.32 Å². The molecule has 2 aromatic rings. The number of carbonyl (C=O) groups excluding carboxylic acids is 2. The molecule has 0 aromatic heterocycles. The Kier molecular flexibility index (Phi) is 7.37. The van der Waals surface area contributed by atoms with Crippen LogP contribution in [0.1, 0.15) is 36.3 Å². The average Bonchev–Trinajstić information content (AvgIpc) is 3.20. The molecule has 0 radical (unpaired) electrons. The van der Waals surface area contributed by atoms with Gasteiger partial charge in [-0.3, -0.25) is 9.59 Å². The number of nitrogens with zero attached hydrogens (tertiary/aromatic N) is 1. The largest absolute Gasteiger partial charge is 0.481 e. The first-order valence-electron chi connectivity index (χ1n) is 11.7. The third-order valence-corrected chi connectivity index (χ3v) is 6.88. The molecule has 35 heavy (non-hydrogen) atoms. The number of carboxylic acid groups (broad SMARTS) is 1. The molecule has 2 atom stereocenters. The number of methoxy groups -OCH3 is 1. The highest BCUT2D eigenvalue weighted by Crippen LogP contribution is 2.44. The van der Waals surface area contributed by atoms with Crippen LogP contribution in [0.4, 0.5) is 4.79 Å². The summed E-state index contributed by atoms with van der Waals surface area (Å²) in [4.78, 5) is 38.7. The Morgan fingerprint density at radius 2 is 1.74 bits per heavy atom. The van der Waals surface area contributed by atoms with Gasteiger partial charge < -0.3 is 29.9 Å². The predicted octanol–water partition coefficient (Wildman–Crippen LogP) is 2.37. The van der Waals surface area contributed by atoms with E-state index in [9.17, 15) is 24.6 Å². The van der Waals surface area contributed by atoms with Crippen molar-refractivity contribution in [3.8, 4) is 11.1 Å². The second-order valence-corrected chi connectivity index (χ2v) is 9.03. The van der Waals surface area contributed by atoms with Crippen molar-refractivity contribution in [2.45, 2.75) is 36.8 Å². The summed E-state index contributed by atoms with van der Waals surface area (Å²) in [6, 6.07) is 14.5. The molecule has 1 fully saturated rings. The van der Waals surface area contributed by atoms with E-state index in [4.69, 9.17) is 9.47 Å². The molecule has 1 heterocycles. The van der Waals surface area contributed by atoms with E-state index < -0.39 is 36.0 Å². The van der Waals surface area contributed by atoms with E-state index in [1.807, 2.05) is 48.5 Å². The van der Waals surface area contributed by atoms with Crippen molar-refractivity contribution in [2.24, 2.45) is 0 Å². The van der Waals surface area contributed by atoms with Gasteiger partial charge in [0.1, 0.15) is 18.2 Å². The smallest absolute Gasteiger partial charge is 0.407 e. The molecule has 0 spiro atoms. The van der Waals surface area contributed by atoms with Gasteiger partial charge in [0.2, 0.25) is 5.91 Å². The quantitative estimate of drug-likeness (QED) is 0.527. The van der Waals surface area contributed by atoms with E-state index in [1.54, 1.807) is 0 Å². The zero-order valence-electron chi connectivity index (χ0n) is 19.6. The van der Waals surface area contributed by atoms with Crippen molar-refractivity contribution in [1.29, 1.82) is 0 Å². The number of likely N-dealkylation sites (tertiary alicyclic amines) is 1. The van der Waals surface area contributed by atoms with Gasteiger partial charge in [-0.2, -0.15) is 0 Å². The Hall–Kier alpha value is -3.43. The molecule has 9 nitrogen and oxygen atoms in total. The number of fused-ring (bicyclic) bond motifs is 3. The number of amides is 2. The molecule has 1 saturated heterocycles. The monoisotopic (exact) mass is 482 g/mol. The van der Waals surface area contributed by atoms with E-state index in [2.05, 4.69) is 5.32 Å². The van der Waals surface area contributed by atoms with Gasteiger partial charge in [0.05, 0.1) is 19.6 Å². The summed E-state index contributed by atoms with van der Waals surface area (Å²) in [5.74, 6) is -1.93. The number of benzene rings is 2. The normalized spacial score (nSPS) is 20.0. The van der Waals surface area contributed by atoms with Crippen LogP contribution in [0, 0.1) is 0 Å². The van der Waals surface area contributed by atoms with Crippen molar-refractivity contribution in [2.75, 3.05) is 33.4 Å². The van der Waals surface area contributed by atoms with Crippen molar-refractivity contribution in [3.63, 3.8) is 0 Å². The fourth-order valence-electron chi connectivity index (χ4n) is 5.02. The van der Waals surface area contributed by atoms with Crippen LogP contribution >= 0.6 is 0 Å². The first-order valence-corrected chi connectivity index (χ1v) is 11.7. The Labute approximate surface area is 203 Å². The van der Waals surface area contributed by atoms with Gasteiger partial charge in [0.15, 0.2) is 0 Å². The fraction of sp³-hybridized carbons (Fsp3) is 0.423. The second-order valence-electron chi connectivity index (χ2n) is 9.03. The highest BCUT2D eigenvalue weighted by atomic mass is 16.5. The van der Waals surface area contributed by atoms with Crippen molar-refractivity contribution in [1.82, 2.24) is 10.2 Å². The summed E-state index contributed by atoms with van der Waals surface area (Å²) in [6.07, 6.45) is -0.278. The minimum atomic E-state index is -1.30. The Morgan fingerprint density at radius 3 is 2.31 bits per heavy atom. The topological polar surface area (TPSA) is 125 Å². The molecular weight excluding hydrogens is 452 g/mol. The lowest BCUT2D eigenvalue weighted by Crippen LogP contribution is -2.58. The summed E-state index contributed by atoms with van der Waals surface area (Å²) in [5.41, 5.74) is 3.38. The van der Waals surface area contributed by atoms with Crippen molar-refractivity contribution in [3.05, 3.63) is 59.7 Å². The SMILES string of the molecule is COC1(CO)CCCN(C(=O)C(CC(=O)O)NC(=O)OCC2c3ccccc3-c3ccccc32)C1. The summed E-state index contributed by atoms with van der Waals surface area (Å²) >= 11 is 0. The van der Waals surface area contributed by atoms with Gasteiger partial charge in [-0.1, -0.05) is 48.5 Å². The van der Waals surface area contributed by atoms with Gasteiger partial charge in [0.25, 0.3) is 0 Å². The average molecular weight is 483 g/mol. The number of nitrogens with one attached hydrogen (secondary N) is 1. The maximum atomic E-state index is 13.1. The lowest BCUT2D eigenvalue weighted by atomic mass is 9.92. The van der Waals surface area contributed by atoms with Crippen LogP contribution in [-0.2, 0) is 19.1 Å². The van der Waals surface area contributed by atoms with Gasteiger partial charge in [-0.25, -0.2) is 4.79 Å². The zero-order chi connectivity index (χ0) is 25.0. The van der Waals surface area contributed by atoms with Crippen LogP contribution in [0.5, 0.6) is 0 Å². The molecule has 2 aliphatic rings. The van der Waals surface area contributed by atoms with Gasteiger partial charge in [-0.05, 0) is 35.1 Å². The van der Waals surface area contributed by atoms with Crippen molar-refractivity contribution < 1.29 is 34.1 Å². The van der Waals surface area contributed by atoms with E-state index in [0.29, 0.717) is 19.4 Å². The standard InChI is InChI=1S/C26H30N2O7/c1-34-26(16-29)11-6-12-28(15-26)24(32)22(13-23(30)31)27-25(33)35-14-21-19-9-4-2-7-17(19)18-8-3-5-10-20(18)21/h2-5,7-10,21-22,29H,6,11-16H2,1H3,(H,27,33)(H,30,31). The van der Waals surface area contributed by atoms with Gasteiger partial charge in [0, 0.05) is 19.6 Å². The third kappa shape index (κ3) is 5.16. The predicted molar refractivity (Wildman–Crippen MR) is 127 cm³/mol. The number of aliphatic carboxylic acids is 1. The summed E-state index contributed by atoms with van der Waals surface area (Å²) < 4.78 is 10.9. The van der Waals surface area contributed by atoms with E-state index in [-0.39, 0.29) is 25.7 Å². The van der Waals surface area contributed by atoms with Gasteiger partial charge >= 0.3 is 12.1 Å². The summed E-state index contributed by atoms with van der Waals surface area (Å²) in [7, 11) is 1.47. The molecule has 9 heteroatoms. The number of carbonyl (C=O) groups is 3. The Morgan fingerprint density at radius 1 is 1.11 bits per heavy atom. The van der Waals surface area contributed by atoms with Crippen LogP contribution in [0.2, 0.25) is 0 Å². The van der Waals surface area contributed by atoms with Crippen LogP contribution in [0.15, 0.2) is 48.5 Å². The number of aliphatic hydroxyl groups is 1. The van der Waals surface area contributed by atoms with E-state index in [1.165, 1.54) is 12.0 Å². The number of ether oxygens (including phenoxy) is 2. The number of hydrogen-bond acceptors (Lipinski definition) is 6. The molecule has 4 rings (SSSR count). The molecule has 2 amide bonds. The lowest BCUT2D eigenvalue weighted by molar-refractivity contribution is -0.149. The number of hydrogen-bond donors (Lipinski definition) is 3. The number of aliphatic hydroxyl groups excluding tert-OH is 1. The summed E-state index contributed by atoms with van der Waals surface area (Å²) in [6.45, 7) is 0.277. The number of rotatable bonds is 8. The Balaban J connectivity index is 1.43. The highest BCUT2D eigenvalue weighted by Gasteiger charge is 2.39. The molecule has 0 saturated carbocycles. The van der Waals surface area contributed by atoms with E-state index in [0.717, 1.165) is 22.3 Å². The number of piperidine rings is 1. The molecular formula is C26H30N2O7. The maximum Gasteiger partial charge on any atom is 0.407 e. The van der Waals surface area contributed by atoms with E-state index >= 15 is 0 Å². The minimum Gasteiger partial charge on any atom is -0.481 e. The summed E-state index contributed by atoms with van der Waals surface area (Å²) in [5, 5.41) is 21.5. The molecule has 3 N–H and O–H groups in total. The second kappa shape index (κ2) is 10.5. The third-order valence-electron chi connectivity index (χ3n) is 6.88. The van der Waals surface area contributed by atoms with Crippen LogP contribution in [-0.4, -0.2) is 78.1 Å². The number of alkyl carbamates (subject to hydrolysis) is 1. The Bertz CT molecular complexity index is 1050. The molecule has 1 aliphatic heterocycles. The van der Waals surface area contributed by atoms with Crippen molar-refractivity contribution >= 4 is 18.0 Å². The maximum absolute atomic E-state index is 13.1. The highest BCUT2D eigenvalue weighted by molar-refractivity contribution is 5.89. The molecule has 2 aromatic carbocycles. The fourth-order valence-corrected chi connectivity index (χ4v) is 5.02. The molecule has 1 aliphatic carbocycles. The molecule has 186 valence electrons. The molecule has 2 unspecified atom stereocenters.